The van der Waals surface area contributed by atoms with E-state index < -0.39 is 34.3 Å². The highest BCUT2D eigenvalue weighted by atomic mass is 32.2. The molecule has 1 aromatic carbocycles. The average molecular weight is 727 g/mol. The first kappa shape index (κ1) is 38.4. The molecule has 50 heavy (non-hydrogen) atoms. The van der Waals surface area contributed by atoms with Crippen molar-refractivity contribution in [2.24, 2.45) is 16.8 Å². The highest BCUT2D eigenvalue weighted by molar-refractivity contribution is 7.89. The van der Waals surface area contributed by atoms with E-state index in [1.54, 1.807) is 29.3 Å². The van der Waals surface area contributed by atoms with Gasteiger partial charge in [0.05, 0.1) is 25.1 Å². The molecule has 15 heteroatoms. The standard InChI is InChI=1S/C35H49F3N4O7S/c1-23-19-27(32(45)41-14-8-29(9-15-41)49-22-28(44)21-43)20-24(2)30(23)10-18-50(47,48)42-16-12-34(13-17-42)33(46)39-31(40-34)26-5-3-25(4-6-26)7-11-35(36,37)38/h8,14,19-20,25-26,28-29,43-44H,3-7,9-13,15-18,21-22H2,1-2H3,(H,39,40,46)/t25?,26?,28-,29?/m1/s1. The van der Waals surface area contributed by atoms with Gasteiger partial charge in [0.25, 0.3) is 11.8 Å². The Morgan fingerprint density at radius 1 is 1.10 bits per heavy atom. The van der Waals surface area contributed by atoms with E-state index in [9.17, 15) is 36.3 Å². The van der Waals surface area contributed by atoms with Crippen molar-refractivity contribution < 1.29 is 46.1 Å². The summed E-state index contributed by atoms with van der Waals surface area (Å²) in [6.45, 7) is 4.10. The van der Waals surface area contributed by atoms with E-state index in [1.807, 2.05) is 13.8 Å². The van der Waals surface area contributed by atoms with E-state index in [1.165, 1.54) is 4.31 Å². The first-order valence-corrected chi connectivity index (χ1v) is 19.2. The summed E-state index contributed by atoms with van der Waals surface area (Å²) < 4.78 is 71.8. The van der Waals surface area contributed by atoms with Crippen LogP contribution in [0.1, 0.15) is 84.8 Å². The van der Waals surface area contributed by atoms with Gasteiger partial charge >= 0.3 is 6.18 Å². The number of benzene rings is 1. The van der Waals surface area contributed by atoms with Crippen LogP contribution in [0.5, 0.6) is 0 Å². The summed E-state index contributed by atoms with van der Waals surface area (Å²) in [5.74, 6) is 0.0900. The van der Waals surface area contributed by atoms with Gasteiger partial charge < -0.3 is 25.2 Å². The summed E-state index contributed by atoms with van der Waals surface area (Å²) in [4.78, 5) is 32.7. The van der Waals surface area contributed by atoms with Crippen molar-refractivity contribution in [1.29, 1.82) is 0 Å². The number of rotatable bonds is 12. The number of halogens is 3. The van der Waals surface area contributed by atoms with Gasteiger partial charge in [0.1, 0.15) is 17.5 Å². The van der Waals surface area contributed by atoms with Crippen molar-refractivity contribution >= 4 is 27.7 Å². The quantitative estimate of drug-likeness (QED) is 0.297. The van der Waals surface area contributed by atoms with Gasteiger partial charge in [-0.25, -0.2) is 12.7 Å². The number of carbonyl (C=O) groups excluding carboxylic acids is 2. The number of aliphatic imine (C=N–C) groups is 1. The Bertz CT molecular complexity index is 1540. The molecule has 1 saturated heterocycles. The monoisotopic (exact) mass is 726 g/mol. The normalized spacial score (nSPS) is 25.1. The third-order valence-electron chi connectivity index (χ3n) is 10.7. The van der Waals surface area contributed by atoms with Crippen LogP contribution in [0.4, 0.5) is 13.2 Å². The van der Waals surface area contributed by atoms with Crippen molar-refractivity contribution in [3.05, 3.63) is 46.7 Å². The Morgan fingerprint density at radius 3 is 2.34 bits per heavy atom. The lowest BCUT2D eigenvalue weighted by atomic mass is 9.79. The zero-order valence-corrected chi connectivity index (χ0v) is 29.6. The smallest absolute Gasteiger partial charge is 0.389 e. The summed E-state index contributed by atoms with van der Waals surface area (Å²) in [6.07, 6.45) is 1.43. The van der Waals surface area contributed by atoms with Crippen LogP contribution in [0.3, 0.4) is 0 Å². The Balaban J connectivity index is 1.12. The maximum Gasteiger partial charge on any atom is 0.389 e. The number of carbonyl (C=O) groups is 2. The molecular formula is C35H49F3N4O7S. The minimum Gasteiger partial charge on any atom is -0.394 e. The van der Waals surface area contributed by atoms with Gasteiger partial charge in [0, 0.05) is 43.7 Å². The lowest BCUT2D eigenvalue weighted by Crippen LogP contribution is -2.51. The third-order valence-corrected chi connectivity index (χ3v) is 12.5. The van der Waals surface area contributed by atoms with Gasteiger partial charge in [0.15, 0.2) is 0 Å². The van der Waals surface area contributed by atoms with Crippen molar-refractivity contribution in [2.45, 2.75) is 102 Å². The predicted molar refractivity (Wildman–Crippen MR) is 181 cm³/mol. The van der Waals surface area contributed by atoms with Crippen LogP contribution in [0.25, 0.3) is 0 Å². The number of hydrogen-bond donors (Lipinski definition) is 3. The van der Waals surface area contributed by atoms with Gasteiger partial charge in [-0.15, -0.1) is 0 Å². The molecule has 0 aromatic heterocycles. The van der Waals surface area contributed by atoms with E-state index in [0.717, 1.165) is 16.7 Å². The van der Waals surface area contributed by atoms with Crippen LogP contribution < -0.4 is 5.32 Å². The number of piperidine rings is 1. The Labute approximate surface area is 292 Å². The van der Waals surface area contributed by atoms with E-state index in [4.69, 9.17) is 14.8 Å². The van der Waals surface area contributed by atoms with Gasteiger partial charge in [-0.2, -0.15) is 13.2 Å². The molecule has 0 radical (unpaired) electrons. The second kappa shape index (κ2) is 15.8. The highest BCUT2D eigenvalue weighted by Crippen LogP contribution is 2.38. The first-order chi connectivity index (χ1) is 23.6. The zero-order valence-electron chi connectivity index (χ0n) is 28.8. The molecule has 0 bridgehead atoms. The number of aryl methyl sites for hydroxylation is 2. The van der Waals surface area contributed by atoms with E-state index in [0.29, 0.717) is 50.0 Å². The number of amides is 2. The molecule has 278 valence electrons. The van der Waals surface area contributed by atoms with Gasteiger partial charge in [-0.1, -0.05) is 0 Å². The lowest BCUT2D eigenvalue weighted by molar-refractivity contribution is -0.138. The Hall–Kier alpha value is -2.85. The first-order valence-electron chi connectivity index (χ1n) is 17.5. The molecule has 3 N–H and O–H groups in total. The van der Waals surface area contributed by atoms with E-state index in [2.05, 4.69) is 5.32 Å². The number of aliphatic hydroxyl groups is 2. The van der Waals surface area contributed by atoms with Crippen molar-refractivity contribution in [1.82, 2.24) is 14.5 Å². The lowest BCUT2D eigenvalue weighted by Gasteiger charge is -2.35. The van der Waals surface area contributed by atoms with Crippen molar-refractivity contribution in [2.75, 3.05) is 38.6 Å². The van der Waals surface area contributed by atoms with Crippen LogP contribution in [-0.2, 0) is 26.0 Å². The van der Waals surface area contributed by atoms with Crippen molar-refractivity contribution in [3.8, 4) is 0 Å². The minimum absolute atomic E-state index is 0.00248. The molecule has 2 fully saturated rings. The second-order valence-corrected chi connectivity index (χ2v) is 16.3. The van der Waals surface area contributed by atoms with Crippen LogP contribution in [0.15, 0.2) is 29.4 Å². The molecule has 1 aliphatic carbocycles. The second-order valence-electron chi connectivity index (χ2n) is 14.2. The maximum atomic E-state index is 13.4. The third kappa shape index (κ3) is 9.32. The predicted octanol–water partition coefficient (Wildman–Crippen LogP) is 3.79. The number of hydrogen-bond acceptors (Lipinski definition) is 8. The molecule has 1 unspecified atom stereocenters. The number of ether oxygens (including phenoxy) is 1. The molecule has 2 atom stereocenters. The average Bonchev–Trinajstić information content (AvgIpc) is 3.40. The molecule has 2 amide bonds. The number of alkyl halides is 3. The van der Waals surface area contributed by atoms with Crippen molar-refractivity contribution in [3.63, 3.8) is 0 Å². The maximum absolute atomic E-state index is 13.4. The summed E-state index contributed by atoms with van der Waals surface area (Å²) >= 11 is 0. The fourth-order valence-electron chi connectivity index (χ4n) is 7.57. The van der Waals surface area contributed by atoms with Gasteiger partial charge in [0.2, 0.25) is 10.0 Å². The molecule has 1 spiro atoms. The topological polar surface area (TPSA) is 149 Å². The van der Waals surface area contributed by atoms with Gasteiger partial charge in [-0.05, 0) is 112 Å². The fraction of sp³-hybridized carbons (Fsp3) is 0.686. The molecular weight excluding hydrogens is 677 g/mol. The Morgan fingerprint density at radius 2 is 1.76 bits per heavy atom. The molecule has 5 rings (SSSR count). The SMILES string of the molecule is Cc1cc(C(=O)N2C=CC(OC[C@H](O)CO)CC2)cc(C)c1CCS(=O)(=O)N1CCC2(CC1)N=C(C1CCC(CCC(F)(F)F)CC1)NC2=O. The molecule has 3 aliphatic heterocycles. The molecule has 1 saturated carbocycles. The summed E-state index contributed by atoms with van der Waals surface area (Å²) in [5.41, 5.74) is 1.99. The summed E-state index contributed by atoms with van der Waals surface area (Å²) in [6, 6.07) is 3.55. The zero-order chi connectivity index (χ0) is 36.3. The van der Waals surface area contributed by atoms with Crippen LogP contribution in [-0.4, -0.2) is 108 Å². The van der Waals surface area contributed by atoms with Crippen LogP contribution in [0.2, 0.25) is 0 Å². The van der Waals surface area contributed by atoms with Crippen LogP contribution in [0, 0.1) is 25.7 Å². The number of nitrogens with one attached hydrogen (secondary N) is 1. The number of nitrogens with zero attached hydrogens (tertiary/aromatic N) is 3. The molecule has 4 aliphatic rings. The molecule has 3 heterocycles. The van der Waals surface area contributed by atoms with Gasteiger partial charge in [-0.3, -0.25) is 14.6 Å². The minimum atomic E-state index is -4.15. The summed E-state index contributed by atoms with van der Waals surface area (Å²) in [7, 11) is -3.65. The summed E-state index contributed by atoms with van der Waals surface area (Å²) in [5, 5.41) is 21.4. The highest BCUT2D eigenvalue weighted by Gasteiger charge is 2.48. The van der Waals surface area contributed by atoms with E-state index >= 15 is 0 Å². The van der Waals surface area contributed by atoms with E-state index in [-0.39, 0.29) is 87.5 Å². The number of aliphatic hydroxyl groups excluding tert-OH is 2. The van der Waals surface area contributed by atoms with Crippen LogP contribution >= 0.6 is 0 Å². The Kier molecular flexibility index (Phi) is 12.1. The fourth-order valence-corrected chi connectivity index (χ4v) is 9.03. The molecule has 11 nitrogen and oxygen atoms in total. The molecule has 1 aromatic rings. The number of amidine groups is 1. The largest absolute Gasteiger partial charge is 0.394 e. The number of sulfonamides is 1.